The summed E-state index contributed by atoms with van der Waals surface area (Å²) < 4.78 is 16.0. The molecule has 0 bridgehead atoms. The number of aliphatic hydroxyl groups is 3. The second-order valence-corrected chi connectivity index (χ2v) is 10.2. The summed E-state index contributed by atoms with van der Waals surface area (Å²) in [6, 6.07) is 12.6. The van der Waals surface area contributed by atoms with E-state index in [2.05, 4.69) is 20.7 Å². The minimum atomic E-state index is -2.27. The fourth-order valence-corrected chi connectivity index (χ4v) is 5.20. The van der Waals surface area contributed by atoms with Crippen LogP contribution < -0.4 is 16.4 Å². The van der Waals surface area contributed by atoms with E-state index in [-0.39, 0.29) is 6.61 Å². The van der Waals surface area contributed by atoms with Crippen molar-refractivity contribution < 1.29 is 44.3 Å². The third kappa shape index (κ3) is 7.95. The number of rotatable bonds is 9. The van der Waals surface area contributed by atoms with Crippen LogP contribution in [-0.2, 0) is 16.1 Å². The zero-order chi connectivity index (χ0) is 32.7. The number of carbonyl (C=O) groups excluding carboxylic acids is 1. The monoisotopic (exact) mass is 638 g/mol. The quantitative estimate of drug-likeness (QED) is 0.117. The lowest BCUT2D eigenvalue weighted by atomic mass is 10.0. The van der Waals surface area contributed by atoms with Crippen molar-refractivity contribution in [1.82, 2.24) is 14.8 Å². The highest BCUT2D eigenvalue weighted by Gasteiger charge is 2.29. The highest BCUT2D eigenvalue weighted by molar-refractivity contribution is 7.18. The lowest BCUT2D eigenvalue weighted by Gasteiger charge is -2.09. The number of carbonyl (C=O) groups is 3. The molecule has 0 radical (unpaired) electrons. The minimum absolute atomic E-state index is 0.0109. The van der Waals surface area contributed by atoms with Crippen molar-refractivity contribution in [2.24, 2.45) is 0 Å². The normalized spacial score (nSPS) is 12.1. The molecule has 5 rings (SSSR count). The largest absolute Gasteiger partial charge is 0.479 e. The molecule has 16 heteroatoms. The van der Waals surface area contributed by atoms with Gasteiger partial charge in [0, 0.05) is 50.5 Å². The van der Waals surface area contributed by atoms with Gasteiger partial charge in [0.25, 0.3) is 0 Å². The van der Waals surface area contributed by atoms with Gasteiger partial charge in [0.1, 0.15) is 11.6 Å². The molecule has 14 nitrogen and oxygen atoms in total. The fraction of sp³-hybridized carbons (Fsp3) is 0.138. The van der Waals surface area contributed by atoms with Gasteiger partial charge in [0.2, 0.25) is 0 Å². The first-order valence-electron chi connectivity index (χ1n) is 13.0. The van der Waals surface area contributed by atoms with Gasteiger partial charge in [-0.2, -0.15) is 5.10 Å². The van der Waals surface area contributed by atoms with Gasteiger partial charge in [-0.05, 0) is 41.3 Å². The molecule has 0 spiro atoms. The van der Waals surface area contributed by atoms with Crippen LogP contribution in [0, 0.1) is 5.82 Å². The van der Waals surface area contributed by atoms with Crippen LogP contribution in [0.3, 0.4) is 0 Å². The van der Waals surface area contributed by atoms with E-state index in [1.807, 2.05) is 23.7 Å². The van der Waals surface area contributed by atoms with Crippen LogP contribution in [0.1, 0.15) is 0 Å². The Bertz CT molecular complexity index is 1810. The van der Waals surface area contributed by atoms with E-state index >= 15 is 0 Å². The number of benzene rings is 2. The fourth-order valence-electron chi connectivity index (χ4n) is 4.08. The van der Waals surface area contributed by atoms with E-state index in [1.165, 1.54) is 18.2 Å². The van der Waals surface area contributed by atoms with E-state index < -0.39 is 36.0 Å². The first-order valence-corrected chi connectivity index (χ1v) is 13.9. The van der Waals surface area contributed by atoms with E-state index in [9.17, 15) is 18.8 Å². The van der Waals surface area contributed by atoms with Crippen molar-refractivity contribution in [3.05, 3.63) is 78.3 Å². The van der Waals surface area contributed by atoms with Crippen LogP contribution in [0.5, 0.6) is 0 Å². The summed E-state index contributed by atoms with van der Waals surface area (Å²) in [7, 11) is 0. The summed E-state index contributed by atoms with van der Waals surface area (Å²) in [5, 5.41) is 54.2. The second kappa shape index (κ2) is 14.4. The van der Waals surface area contributed by atoms with Crippen molar-refractivity contribution >= 4 is 56.6 Å². The molecule has 0 aliphatic heterocycles. The third-order valence-corrected chi connectivity index (χ3v) is 7.25. The molecule has 0 fully saturated rings. The van der Waals surface area contributed by atoms with Crippen LogP contribution in [0.4, 0.5) is 26.4 Å². The Morgan fingerprint density at radius 2 is 1.60 bits per heavy atom. The summed E-state index contributed by atoms with van der Waals surface area (Å²) in [6.45, 7) is 0.429. The minimum Gasteiger partial charge on any atom is -0.479 e. The predicted octanol–water partition coefficient (Wildman–Crippen LogP) is 3.06. The summed E-state index contributed by atoms with van der Waals surface area (Å²) >= 11 is 1.57. The van der Waals surface area contributed by atoms with Gasteiger partial charge in [-0.3, -0.25) is 4.68 Å². The number of hydrogen-bond acceptors (Lipinski definition) is 10. The third-order valence-electron chi connectivity index (χ3n) is 6.24. The number of aliphatic hydroxyl groups excluding tert-OH is 3. The van der Waals surface area contributed by atoms with E-state index in [4.69, 9.17) is 31.3 Å². The number of nitrogens with zero attached hydrogens (tertiary/aromatic N) is 3. The number of pyridine rings is 1. The lowest BCUT2D eigenvalue weighted by molar-refractivity contribution is -0.165. The average molecular weight is 639 g/mol. The van der Waals surface area contributed by atoms with Crippen molar-refractivity contribution in [2.45, 2.75) is 18.8 Å². The number of anilines is 3. The molecule has 3 heterocycles. The van der Waals surface area contributed by atoms with Crippen molar-refractivity contribution in [1.29, 1.82) is 0 Å². The zero-order valence-electron chi connectivity index (χ0n) is 23.2. The Labute approximate surface area is 257 Å². The van der Waals surface area contributed by atoms with E-state index in [0.29, 0.717) is 23.7 Å². The number of carboxylic acids is 2. The number of nitrogens with two attached hydrogens (primary N) is 1. The number of amides is 2. The maximum atomic E-state index is 13.3. The van der Waals surface area contributed by atoms with Gasteiger partial charge in [-0.25, -0.2) is 23.8 Å². The molecule has 9 N–H and O–H groups in total. The van der Waals surface area contributed by atoms with E-state index in [0.717, 1.165) is 32.3 Å². The number of fused-ring (bicyclic) bond motifs is 1. The molecule has 5 aromatic rings. The molecule has 2 atom stereocenters. The number of aromatic nitrogens is 3. The van der Waals surface area contributed by atoms with Crippen molar-refractivity contribution in [3.63, 3.8) is 0 Å². The first-order chi connectivity index (χ1) is 21.5. The lowest BCUT2D eigenvalue weighted by Crippen LogP contribution is -2.39. The molecule has 2 amide bonds. The summed E-state index contributed by atoms with van der Waals surface area (Å²) in [5.41, 5.74) is 10.9. The number of urea groups is 1. The highest BCUT2D eigenvalue weighted by Crippen LogP contribution is 2.41. The molecule has 0 saturated heterocycles. The van der Waals surface area contributed by atoms with Crippen LogP contribution in [0.15, 0.2) is 72.5 Å². The Kier molecular flexibility index (Phi) is 10.4. The van der Waals surface area contributed by atoms with Gasteiger partial charge >= 0.3 is 18.0 Å². The molecule has 0 aliphatic rings. The van der Waals surface area contributed by atoms with Crippen LogP contribution in [0.2, 0.25) is 0 Å². The summed E-state index contributed by atoms with van der Waals surface area (Å²) in [4.78, 5) is 36.2. The number of hydrogen-bond donors (Lipinski definition) is 8. The Morgan fingerprint density at radius 1 is 0.933 bits per heavy atom. The highest BCUT2D eigenvalue weighted by atomic mass is 32.1. The molecule has 45 heavy (non-hydrogen) atoms. The van der Waals surface area contributed by atoms with Gasteiger partial charge in [0.15, 0.2) is 12.2 Å². The Hall–Kier alpha value is -5.42. The number of aliphatic carboxylic acids is 2. The molecule has 0 unspecified atom stereocenters. The van der Waals surface area contributed by atoms with Gasteiger partial charge in [-0.15, -0.1) is 11.3 Å². The summed E-state index contributed by atoms with van der Waals surface area (Å²) in [5.74, 6) is -3.53. The zero-order valence-corrected chi connectivity index (χ0v) is 24.0. The van der Waals surface area contributed by atoms with Crippen molar-refractivity contribution in [3.8, 4) is 22.3 Å². The standard InChI is InChI=1S/C25H21FN6O2S.C4H6O6/c26-17-2-1-3-19(10-17)31-25(34)30-18-6-4-15(5-7-18)21-14-35-23-20(12-28-24(27)22(21)23)16-11-29-32(13-16)8-9-33;5-1(3(7)8)2(6)4(9)10/h1-7,10-14,33H,8-9H2,(H2,27,28)(H2,30,31,34);1-2,5-6H,(H,7,8)(H,9,10)/t;1-,2-/m.1/s1. The number of halogens is 1. The van der Waals surface area contributed by atoms with Gasteiger partial charge in [-0.1, -0.05) is 18.2 Å². The first kappa shape index (κ1) is 32.5. The molecular weight excluding hydrogens is 611 g/mol. The molecule has 0 aliphatic carbocycles. The van der Waals surface area contributed by atoms with E-state index in [1.54, 1.807) is 46.6 Å². The number of carboxylic acid groups (broad SMARTS) is 2. The second-order valence-electron chi connectivity index (χ2n) is 9.36. The van der Waals surface area contributed by atoms with Crippen LogP contribution >= 0.6 is 11.3 Å². The number of nitrogen functional groups attached to an aromatic ring is 1. The van der Waals surface area contributed by atoms with Gasteiger partial charge < -0.3 is 41.9 Å². The summed E-state index contributed by atoms with van der Waals surface area (Å²) in [6.07, 6.45) is 0.826. The molecule has 3 aromatic heterocycles. The average Bonchev–Trinajstić information content (AvgIpc) is 3.66. The maximum absolute atomic E-state index is 13.3. The Balaban J connectivity index is 0.000000399. The molecule has 2 aromatic carbocycles. The number of nitrogens with one attached hydrogen (secondary N) is 2. The van der Waals surface area contributed by atoms with Gasteiger partial charge in [0.05, 0.1) is 19.3 Å². The maximum Gasteiger partial charge on any atom is 0.335 e. The molecule has 0 saturated carbocycles. The smallest absolute Gasteiger partial charge is 0.335 e. The molecule has 234 valence electrons. The van der Waals surface area contributed by atoms with Crippen LogP contribution in [0.25, 0.3) is 32.3 Å². The number of thiophene rings is 1. The van der Waals surface area contributed by atoms with Crippen LogP contribution in [-0.4, -0.2) is 77.1 Å². The topological polar surface area (TPSA) is 233 Å². The SMILES string of the molecule is Nc1ncc(-c2cnn(CCO)c2)c2scc(-c3ccc(NC(=O)Nc4cccc(F)c4)cc3)c12.O=C(O)[C@H](O)[C@@H](O)C(=O)O. The Morgan fingerprint density at radius 3 is 2.22 bits per heavy atom. The molecular formula is C29H27FN6O8S. The van der Waals surface area contributed by atoms with Crippen molar-refractivity contribution in [2.75, 3.05) is 23.0 Å². The predicted molar refractivity (Wildman–Crippen MR) is 164 cm³/mol.